The summed E-state index contributed by atoms with van der Waals surface area (Å²) in [7, 11) is 0. The number of aryl methyl sites for hydroxylation is 3. The Morgan fingerprint density at radius 3 is 2.44 bits per heavy atom. The van der Waals surface area contributed by atoms with E-state index in [-0.39, 0.29) is 28.2 Å². The highest BCUT2D eigenvalue weighted by Crippen LogP contribution is 2.38. The second-order valence-electron chi connectivity index (χ2n) is 8.66. The number of nitrogens with zero attached hydrogens (tertiary/aromatic N) is 3. The van der Waals surface area contributed by atoms with Crippen LogP contribution in [-0.2, 0) is 4.79 Å². The van der Waals surface area contributed by atoms with Crippen molar-refractivity contribution in [2.75, 3.05) is 0 Å². The molecular formula is C27H25FN4O4. The molecule has 1 unspecified atom stereocenters. The Labute approximate surface area is 206 Å². The van der Waals surface area contributed by atoms with Crippen LogP contribution >= 0.6 is 0 Å². The first-order valence-corrected chi connectivity index (χ1v) is 11.2. The largest absolute Gasteiger partial charge is 0.505 e. The lowest BCUT2D eigenvalue weighted by Gasteiger charge is -2.11. The maximum absolute atomic E-state index is 14.6. The van der Waals surface area contributed by atoms with Crippen LogP contribution in [0, 0.1) is 26.6 Å². The third-order valence-corrected chi connectivity index (χ3v) is 6.21. The van der Waals surface area contributed by atoms with Crippen LogP contribution in [0.2, 0.25) is 0 Å². The number of benzene rings is 3. The summed E-state index contributed by atoms with van der Waals surface area (Å²) < 4.78 is 16.0. The number of hydrogen-bond acceptors (Lipinski definition) is 5. The Bertz CT molecular complexity index is 1570. The zero-order valence-electron chi connectivity index (χ0n) is 20.2. The number of H-pyrrole nitrogens is 1. The quantitative estimate of drug-likeness (QED) is 0.280. The SMILES string of the molecule is Cc1ccc(-n2[nH]c(C)c(N=Nc3cccc(-c4ccc(C(C)C(=O)O)c(F)c4)c3O)c2=O)cc1C. The third-order valence-electron chi connectivity index (χ3n) is 6.21. The molecule has 0 spiro atoms. The van der Waals surface area contributed by atoms with Gasteiger partial charge in [-0.2, -0.15) is 0 Å². The summed E-state index contributed by atoms with van der Waals surface area (Å²) in [6.07, 6.45) is 0. The molecule has 0 aliphatic carbocycles. The normalized spacial score (nSPS) is 12.2. The lowest BCUT2D eigenvalue weighted by Crippen LogP contribution is -2.14. The highest BCUT2D eigenvalue weighted by atomic mass is 19.1. The van der Waals surface area contributed by atoms with Crippen LogP contribution in [0.5, 0.6) is 5.75 Å². The number of carboxylic acid groups (broad SMARTS) is 1. The molecule has 1 heterocycles. The number of aromatic amines is 1. The molecule has 8 nitrogen and oxygen atoms in total. The van der Waals surface area contributed by atoms with Crippen molar-refractivity contribution in [3.05, 3.63) is 93.2 Å². The molecule has 0 saturated carbocycles. The van der Waals surface area contributed by atoms with E-state index in [9.17, 15) is 19.1 Å². The van der Waals surface area contributed by atoms with Crippen molar-refractivity contribution in [2.45, 2.75) is 33.6 Å². The number of phenolic OH excluding ortho intramolecular Hbond substituents is 1. The van der Waals surface area contributed by atoms with E-state index in [1.165, 1.54) is 35.9 Å². The van der Waals surface area contributed by atoms with E-state index in [0.29, 0.717) is 22.5 Å². The van der Waals surface area contributed by atoms with Gasteiger partial charge in [0.05, 0.1) is 17.3 Å². The minimum Gasteiger partial charge on any atom is -0.505 e. The van der Waals surface area contributed by atoms with Gasteiger partial charge in [0.25, 0.3) is 5.56 Å². The average molecular weight is 489 g/mol. The van der Waals surface area contributed by atoms with Gasteiger partial charge in [-0.3, -0.25) is 14.7 Å². The summed E-state index contributed by atoms with van der Waals surface area (Å²) in [5.74, 6) is -3.08. The maximum atomic E-state index is 14.6. The molecule has 3 N–H and O–H groups in total. The Morgan fingerprint density at radius 2 is 1.78 bits per heavy atom. The zero-order valence-corrected chi connectivity index (χ0v) is 20.2. The summed E-state index contributed by atoms with van der Waals surface area (Å²) >= 11 is 0. The fraction of sp³-hybridized carbons (Fsp3) is 0.185. The number of carbonyl (C=O) groups is 1. The van der Waals surface area contributed by atoms with E-state index in [0.717, 1.165) is 11.1 Å². The molecule has 0 saturated heterocycles. The van der Waals surface area contributed by atoms with Crippen molar-refractivity contribution in [2.24, 2.45) is 10.2 Å². The number of para-hydroxylation sites is 1. The number of carboxylic acids is 1. The van der Waals surface area contributed by atoms with Gasteiger partial charge in [0.1, 0.15) is 11.5 Å². The number of aromatic nitrogens is 2. The Morgan fingerprint density at radius 1 is 1.03 bits per heavy atom. The van der Waals surface area contributed by atoms with Crippen LogP contribution in [-0.4, -0.2) is 26.0 Å². The second-order valence-corrected chi connectivity index (χ2v) is 8.66. The summed E-state index contributed by atoms with van der Waals surface area (Å²) in [6.45, 7) is 7.05. The van der Waals surface area contributed by atoms with E-state index < -0.39 is 17.7 Å². The molecule has 0 aliphatic rings. The number of nitrogens with one attached hydrogen (secondary N) is 1. The van der Waals surface area contributed by atoms with Gasteiger partial charge in [-0.25, -0.2) is 9.07 Å². The van der Waals surface area contributed by atoms with E-state index >= 15 is 0 Å². The molecule has 36 heavy (non-hydrogen) atoms. The van der Waals surface area contributed by atoms with Gasteiger partial charge < -0.3 is 10.2 Å². The molecule has 0 bridgehead atoms. The number of hydrogen-bond donors (Lipinski definition) is 3. The van der Waals surface area contributed by atoms with Gasteiger partial charge >= 0.3 is 5.97 Å². The van der Waals surface area contributed by atoms with Crippen LogP contribution in [0.15, 0.2) is 69.6 Å². The predicted octanol–water partition coefficient (Wildman–Crippen LogP) is 6.21. The molecule has 1 aromatic heterocycles. The number of aliphatic carboxylic acids is 1. The van der Waals surface area contributed by atoms with Crippen molar-refractivity contribution in [3.63, 3.8) is 0 Å². The molecule has 1 atom stereocenters. The second kappa shape index (κ2) is 9.61. The van der Waals surface area contributed by atoms with Crippen LogP contribution in [0.25, 0.3) is 16.8 Å². The Balaban J connectivity index is 1.68. The molecule has 4 rings (SSSR count). The average Bonchev–Trinajstić information content (AvgIpc) is 3.12. The van der Waals surface area contributed by atoms with Crippen molar-refractivity contribution < 1.29 is 19.4 Å². The molecule has 184 valence electrons. The van der Waals surface area contributed by atoms with Crippen molar-refractivity contribution in [3.8, 4) is 22.6 Å². The van der Waals surface area contributed by atoms with Gasteiger partial charge in [0, 0.05) is 11.1 Å². The summed E-state index contributed by atoms with van der Waals surface area (Å²) in [5.41, 5.74) is 3.80. The van der Waals surface area contributed by atoms with E-state index in [4.69, 9.17) is 5.11 Å². The van der Waals surface area contributed by atoms with Gasteiger partial charge in [-0.15, -0.1) is 10.2 Å². The first kappa shape index (κ1) is 24.6. The van der Waals surface area contributed by atoms with Crippen LogP contribution in [0.3, 0.4) is 0 Å². The van der Waals surface area contributed by atoms with Crippen molar-refractivity contribution >= 4 is 17.3 Å². The molecule has 4 aromatic rings. The standard InChI is InChI=1S/C27H25FN4O4/c1-14-8-10-19(12-15(14)2)32-26(34)24(17(4)31-32)30-29-23-7-5-6-21(25(23)33)18-9-11-20(22(28)13-18)16(3)27(35)36/h5-13,16,31,33H,1-4H3,(H,35,36). The fourth-order valence-corrected chi connectivity index (χ4v) is 3.83. The molecular weight excluding hydrogens is 463 g/mol. The van der Waals surface area contributed by atoms with Crippen LogP contribution < -0.4 is 5.56 Å². The number of aromatic hydroxyl groups is 1. The smallest absolute Gasteiger partial charge is 0.310 e. The molecule has 9 heteroatoms. The Kier molecular flexibility index (Phi) is 6.57. The molecule has 0 aliphatic heterocycles. The van der Waals surface area contributed by atoms with Crippen LogP contribution in [0.1, 0.15) is 35.2 Å². The summed E-state index contributed by atoms with van der Waals surface area (Å²) in [4.78, 5) is 24.2. The van der Waals surface area contributed by atoms with E-state index in [1.54, 1.807) is 19.1 Å². The van der Waals surface area contributed by atoms with Gasteiger partial charge in [-0.1, -0.05) is 30.3 Å². The molecule has 0 radical (unpaired) electrons. The highest BCUT2D eigenvalue weighted by Gasteiger charge is 2.19. The monoisotopic (exact) mass is 488 g/mol. The predicted molar refractivity (Wildman–Crippen MR) is 134 cm³/mol. The number of rotatable bonds is 6. The Hall–Kier alpha value is -4.53. The number of phenols is 1. The first-order valence-electron chi connectivity index (χ1n) is 11.2. The molecule has 0 fully saturated rings. The number of azo groups is 1. The lowest BCUT2D eigenvalue weighted by atomic mass is 9.96. The van der Waals surface area contributed by atoms with Crippen molar-refractivity contribution in [1.29, 1.82) is 0 Å². The zero-order chi connectivity index (χ0) is 26.1. The maximum Gasteiger partial charge on any atom is 0.310 e. The molecule has 3 aromatic carbocycles. The van der Waals surface area contributed by atoms with E-state index in [2.05, 4.69) is 15.3 Å². The van der Waals surface area contributed by atoms with Gasteiger partial charge in [-0.05, 0) is 68.7 Å². The van der Waals surface area contributed by atoms with Gasteiger partial charge in [0.2, 0.25) is 0 Å². The molecule has 0 amide bonds. The highest BCUT2D eigenvalue weighted by molar-refractivity contribution is 5.78. The van der Waals surface area contributed by atoms with Crippen molar-refractivity contribution in [1.82, 2.24) is 9.78 Å². The van der Waals surface area contributed by atoms with Gasteiger partial charge in [0.15, 0.2) is 11.4 Å². The van der Waals surface area contributed by atoms with Crippen LogP contribution in [0.4, 0.5) is 15.8 Å². The third kappa shape index (κ3) is 4.55. The van der Waals surface area contributed by atoms with E-state index in [1.807, 2.05) is 32.0 Å². The minimum absolute atomic E-state index is 0.0459. The minimum atomic E-state index is -1.14. The number of halogens is 1. The topological polar surface area (TPSA) is 120 Å². The summed E-state index contributed by atoms with van der Waals surface area (Å²) in [6, 6.07) is 14.5. The lowest BCUT2D eigenvalue weighted by molar-refractivity contribution is -0.138. The first-order chi connectivity index (χ1) is 17.1. The summed E-state index contributed by atoms with van der Waals surface area (Å²) in [5, 5.41) is 31.1. The fourth-order valence-electron chi connectivity index (χ4n) is 3.83.